The fourth-order valence-electron chi connectivity index (χ4n) is 2.63. The molecule has 3 N–H and O–H groups in total. The van der Waals surface area contributed by atoms with Gasteiger partial charge in [-0.05, 0) is 0 Å². The zero-order valence-electron chi connectivity index (χ0n) is 14.2. The first kappa shape index (κ1) is 22.2. The highest BCUT2D eigenvalue weighted by atomic mass is 35.5. The van der Waals surface area contributed by atoms with Crippen LogP contribution in [0.1, 0.15) is 18.3 Å². The number of nitrogens with one attached hydrogen (secondary N) is 3. The molecule has 0 aromatic carbocycles. The molecule has 1 atom stereocenters. The van der Waals surface area contributed by atoms with Crippen molar-refractivity contribution in [2.75, 3.05) is 32.7 Å². The summed E-state index contributed by atoms with van der Waals surface area (Å²) in [5.74, 6) is 0.229. The summed E-state index contributed by atoms with van der Waals surface area (Å²) in [4.78, 5) is 29.4. The Morgan fingerprint density at radius 2 is 2.15 bits per heavy atom. The largest absolute Gasteiger partial charge is 0.405 e. The summed E-state index contributed by atoms with van der Waals surface area (Å²) in [5.41, 5.74) is 0. The molecule has 0 aliphatic carbocycles. The Labute approximate surface area is 154 Å². The van der Waals surface area contributed by atoms with Crippen LogP contribution >= 0.6 is 12.4 Å². The van der Waals surface area contributed by atoms with E-state index in [1.165, 1.54) is 0 Å². The van der Waals surface area contributed by atoms with Gasteiger partial charge in [-0.15, -0.1) is 12.4 Å². The highest BCUT2D eigenvalue weighted by Gasteiger charge is 2.29. The standard InChI is InChI=1S/C14H21F3N6O2.ClH/c1-22-6-4-19-12(22)10-8-18-3-7-23(10)5-2-11(24)21-13(25)20-9-14(15,16)17;/h4,6,10,18H,2-3,5,7-9H2,1H3,(H2,20,21,24,25);1H. The maximum atomic E-state index is 12.0. The van der Waals surface area contributed by atoms with Crippen LogP contribution in [0.4, 0.5) is 18.0 Å². The molecular weight excluding hydrogens is 377 g/mol. The lowest BCUT2D eigenvalue weighted by Crippen LogP contribution is -2.48. The van der Waals surface area contributed by atoms with Gasteiger partial charge in [-0.25, -0.2) is 9.78 Å². The third kappa shape index (κ3) is 6.81. The normalized spacial score (nSPS) is 18.1. The summed E-state index contributed by atoms with van der Waals surface area (Å²) in [6, 6.07) is -1.16. The van der Waals surface area contributed by atoms with Gasteiger partial charge in [0.15, 0.2) is 0 Å². The molecule has 26 heavy (non-hydrogen) atoms. The van der Waals surface area contributed by atoms with Crippen LogP contribution in [0.25, 0.3) is 0 Å². The van der Waals surface area contributed by atoms with Gasteiger partial charge in [-0.3, -0.25) is 15.0 Å². The van der Waals surface area contributed by atoms with E-state index in [1.807, 2.05) is 23.1 Å². The lowest BCUT2D eigenvalue weighted by Gasteiger charge is -2.35. The molecule has 2 rings (SSSR count). The number of halogens is 4. The fraction of sp³-hybridized carbons (Fsp3) is 0.643. The predicted molar refractivity (Wildman–Crippen MR) is 89.9 cm³/mol. The van der Waals surface area contributed by atoms with E-state index in [-0.39, 0.29) is 24.9 Å². The van der Waals surface area contributed by atoms with Crippen LogP contribution < -0.4 is 16.0 Å². The minimum absolute atomic E-state index is 0. The first-order valence-electron chi connectivity index (χ1n) is 7.82. The third-order valence-corrected chi connectivity index (χ3v) is 3.84. The summed E-state index contributed by atoms with van der Waals surface area (Å²) in [7, 11) is 1.88. The molecule has 1 aromatic heterocycles. The monoisotopic (exact) mass is 398 g/mol. The molecule has 3 amide bonds. The topological polar surface area (TPSA) is 91.3 Å². The van der Waals surface area contributed by atoms with Crippen molar-refractivity contribution >= 4 is 24.3 Å². The summed E-state index contributed by atoms with van der Waals surface area (Å²) in [6.07, 6.45) is -0.990. The highest BCUT2D eigenvalue weighted by Crippen LogP contribution is 2.20. The van der Waals surface area contributed by atoms with E-state index in [9.17, 15) is 22.8 Å². The quantitative estimate of drug-likeness (QED) is 0.674. The van der Waals surface area contributed by atoms with Crippen molar-refractivity contribution in [2.45, 2.75) is 18.6 Å². The summed E-state index contributed by atoms with van der Waals surface area (Å²) in [5, 5.41) is 6.76. The highest BCUT2D eigenvalue weighted by molar-refractivity contribution is 5.94. The molecule has 0 bridgehead atoms. The van der Waals surface area contributed by atoms with Crippen molar-refractivity contribution in [3.05, 3.63) is 18.2 Å². The van der Waals surface area contributed by atoms with Crippen LogP contribution in [0.15, 0.2) is 12.4 Å². The Bertz CT molecular complexity index is 610. The summed E-state index contributed by atoms with van der Waals surface area (Å²) >= 11 is 0. The molecule has 0 radical (unpaired) electrons. The molecule has 1 aliphatic rings. The molecule has 1 unspecified atom stereocenters. The van der Waals surface area contributed by atoms with Crippen LogP contribution in [-0.4, -0.2) is 65.3 Å². The van der Waals surface area contributed by atoms with Crippen LogP contribution in [0, 0.1) is 0 Å². The number of hydrogen-bond donors (Lipinski definition) is 3. The number of alkyl halides is 3. The van der Waals surface area contributed by atoms with E-state index in [0.717, 1.165) is 12.4 Å². The van der Waals surface area contributed by atoms with Crippen molar-refractivity contribution in [3.63, 3.8) is 0 Å². The van der Waals surface area contributed by atoms with Gasteiger partial charge in [0.2, 0.25) is 5.91 Å². The van der Waals surface area contributed by atoms with E-state index in [4.69, 9.17) is 0 Å². The second-order valence-electron chi connectivity index (χ2n) is 5.75. The minimum atomic E-state index is -4.52. The summed E-state index contributed by atoms with van der Waals surface area (Å²) in [6.45, 7) is 1.03. The van der Waals surface area contributed by atoms with Crippen LogP contribution in [0.2, 0.25) is 0 Å². The SMILES string of the molecule is Cl.Cn1ccnc1C1CNCCN1CCC(=O)NC(=O)NCC(F)(F)F. The molecule has 0 saturated carbocycles. The number of carbonyl (C=O) groups excluding carboxylic acids is 2. The van der Waals surface area contributed by atoms with Gasteiger partial charge in [0, 0.05) is 52.0 Å². The van der Waals surface area contributed by atoms with Gasteiger partial charge in [0.25, 0.3) is 0 Å². The Morgan fingerprint density at radius 3 is 2.77 bits per heavy atom. The smallest absolute Gasteiger partial charge is 0.337 e. The number of rotatable bonds is 5. The van der Waals surface area contributed by atoms with Gasteiger partial charge < -0.3 is 15.2 Å². The number of piperazine rings is 1. The van der Waals surface area contributed by atoms with Gasteiger partial charge in [0.1, 0.15) is 12.4 Å². The predicted octanol–water partition coefficient (Wildman–Crippen LogP) is 0.566. The first-order valence-corrected chi connectivity index (χ1v) is 7.82. The molecule has 8 nitrogen and oxygen atoms in total. The number of imide groups is 1. The third-order valence-electron chi connectivity index (χ3n) is 3.84. The number of amides is 3. The number of nitrogens with zero attached hydrogens (tertiary/aromatic N) is 3. The van der Waals surface area contributed by atoms with Gasteiger partial charge in [-0.1, -0.05) is 0 Å². The molecule has 2 heterocycles. The molecule has 1 saturated heterocycles. The van der Waals surface area contributed by atoms with Gasteiger partial charge >= 0.3 is 12.2 Å². The van der Waals surface area contributed by atoms with Crippen LogP contribution in [-0.2, 0) is 11.8 Å². The lowest BCUT2D eigenvalue weighted by molar-refractivity contribution is -0.124. The second kappa shape index (κ2) is 9.74. The minimum Gasteiger partial charge on any atom is -0.337 e. The number of aryl methyl sites for hydroxylation is 1. The number of urea groups is 1. The van der Waals surface area contributed by atoms with E-state index < -0.39 is 24.7 Å². The lowest BCUT2D eigenvalue weighted by atomic mass is 10.1. The van der Waals surface area contributed by atoms with E-state index in [1.54, 1.807) is 11.5 Å². The Hall–Kier alpha value is -1.85. The molecule has 12 heteroatoms. The number of imidazole rings is 1. The molecule has 1 fully saturated rings. The molecule has 1 aliphatic heterocycles. The Kier molecular flexibility index (Phi) is 8.31. The van der Waals surface area contributed by atoms with Crippen molar-refractivity contribution < 1.29 is 22.8 Å². The van der Waals surface area contributed by atoms with Gasteiger partial charge in [0.05, 0.1) is 6.04 Å². The van der Waals surface area contributed by atoms with Crippen molar-refractivity contribution in [1.29, 1.82) is 0 Å². The molecule has 148 valence electrons. The Balaban J connectivity index is 0.00000338. The average Bonchev–Trinajstić information content (AvgIpc) is 2.96. The van der Waals surface area contributed by atoms with Crippen molar-refractivity contribution in [2.24, 2.45) is 7.05 Å². The number of aromatic nitrogens is 2. The zero-order valence-corrected chi connectivity index (χ0v) is 15.0. The molecule has 1 aromatic rings. The van der Waals surface area contributed by atoms with E-state index in [0.29, 0.717) is 19.6 Å². The maximum Gasteiger partial charge on any atom is 0.405 e. The average molecular weight is 399 g/mol. The fourth-order valence-corrected chi connectivity index (χ4v) is 2.63. The first-order chi connectivity index (χ1) is 11.8. The number of hydrogen-bond acceptors (Lipinski definition) is 5. The van der Waals surface area contributed by atoms with E-state index in [2.05, 4.69) is 15.2 Å². The van der Waals surface area contributed by atoms with E-state index >= 15 is 0 Å². The van der Waals surface area contributed by atoms with Crippen molar-refractivity contribution in [1.82, 2.24) is 30.4 Å². The second-order valence-corrected chi connectivity index (χ2v) is 5.75. The zero-order chi connectivity index (χ0) is 18.4. The van der Waals surface area contributed by atoms with Crippen LogP contribution in [0.3, 0.4) is 0 Å². The van der Waals surface area contributed by atoms with Crippen molar-refractivity contribution in [3.8, 4) is 0 Å². The maximum absolute atomic E-state index is 12.0. The van der Waals surface area contributed by atoms with Crippen LogP contribution in [0.5, 0.6) is 0 Å². The van der Waals surface area contributed by atoms with Gasteiger partial charge in [-0.2, -0.15) is 13.2 Å². The number of carbonyl (C=O) groups is 2. The summed E-state index contributed by atoms with van der Waals surface area (Å²) < 4.78 is 37.9. The molecular formula is C14H22ClF3N6O2. The molecule has 0 spiro atoms. The Morgan fingerprint density at radius 1 is 1.42 bits per heavy atom.